The van der Waals surface area contributed by atoms with Gasteiger partial charge in [0.05, 0.1) is 0 Å². The Morgan fingerprint density at radius 3 is 1.15 bits per heavy atom. The molecule has 1 rings (SSSR count). The maximum Gasteiger partial charge on any atom is 0.227 e. The molecular formula is C7H10Cl3N3. The summed E-state index contributed by atoms with van der Waals surface area (Å²) in [6.07, 6.45) is 2.64. The van der Waals surface area contributed by atoms with E-state index >= 15 is 0 Å². The van der Waals surface area contributed by atoms with Crippen LogP contribution in [0.5, 0.6) is 0 Å². The maximum absolute atomic E-state index is 5.32. The molecule has 0 unspecified atom stereocenters. The summed E-state index contributed by atoms with van der Waals surface area (Å²) in [6.45, 7) is 4.36. The number of hydrogen-bond donors (Lipinski definition) is 0. The first kappa shape index (κ1) is 12.9. The Morgan fingerprint density at radius 2 is 1.00 bits per heavy atom. The highest BCUT2D eigenvalue weighted by Crippen LogP contribution is 2.08. The highest BCUT2D eigenvalue weighted by Gasteiger charge is 1.97. The van der Waals surface area contributed by atoms with E-state index in [-0.39, 0.29) is 15.9 Å². The molecule has 3 nitrogen and oxygen atoms in total. The van der Waals surface area contributed by atoms with Gasteiger partial charge in [0.2, 0.25) is 15.9 Å². The molecule has 0 atom stereocenters. The second-order valence-corrected chi connectivity index (χ2v) is 3.16. The molecular weight excluding hydrogens is 232 g/mol. The molecule has 0 fully saturated rings. The van der Waals surface area contributed by atoms with Crippen molar-refractivity contribution in [3.8, 4) is 0 Å². The van der Waals surface area contributed by atoms with Gasteiger partial charge in [-0.1, -0.05) is 26.7 Å². The molecule has 0 aliphatic heterocycles. The van der Waals surface area contributed by atoms with Crippen LogP contribution in [0.3, 0.4) is 0 Å². The molecule has 0 saturated carbocycles. The third-order valence-corrected chi connectivity index (χ3v) is 1.56. The Kier molecular flexibility index (Phi) is 7.23. The molecule has 1 aromatic rings. The molecule has 0 radical (unpaired) electrons. The third-order valence-electron chi connectivity index (χ3n) is 1.05. The van der Waals surface area contributed by atoms with Crippen molar-refractivity contribution >= 4 is 34.8 Å². The van der Waals surface area contributed by atoms with Gasteiger partial charge in [0.15, 0.2) is 0 Å². The van der Waals surface area contributed by atoms with Crippen molar-refractivity contribution in [1.82, 2.24) is 15.0 Å². The average Bonchev–Trinajstić information content (AvgIpc) is 2.02. The number of aromatic nitrogens is 3. The number of nitrogens with zero attached hydrogens (tertiary/aromatic N) is 3. The molecule has 13 heavy (non-hydrogen) atoms. The van der Waals surface area contributed by atoms with Gasteiger partial charge in [-0.3, -0.25) is 0 Å². The highest BCUT2D eigenvalue weighted by atomic mass is 35.5. The average molecular weight is 243 g/mol. The monoisotopic (exact) mass is 241 g/mol. The molecule has 1 aromatic heterocycles. The molecule has 0 aromatic carbocycles. The molecule has 74 valence electrons. The Hall–Kier alpha value is -0.120. The van der Waals surface area contributed by atoms with E-state index in [1.54, 1.807) is 0 Å². The number of unbranched alkanes of at least 4 members (excludes halogenated alkanes) is 1. The van der Waals surface area contributed by atoms with E-state index in [9.17, 15) is 0 Å². The maximum atomic E-state index is 5.32. The lowest BCUT2D eigenvalue weighted by atomic mass is 10.4. The summed E-state index contributed by atoms with van der Waals surface area (Å²) in [5.74, 6) is 0. The van der Waals surface area contributed by atoms with E-state index in [1.165, 1.54) is 12.8 Å². The molecule has 0 aliphatic rings. The van der Waals surface area contributed by atoms with Crippen molar-refractivity contribution in [2.75, 3.05) is 0 Å². The molecule has 0 aliphatic carbocycles. The highest BCUT2D eigenvalue weighted by molar-refractivity contribution is 6.33. The molecule has 0 spiro atoms. The van der Waals surface area contributed by atoms with E-state index in [0.717, 1.165) is 0 Å². The minimum atomic E-state index is 0.000000000000000444. The van der Waals surface area contributed by atoms with Crippen LogP contribution in [0.1, 0.15) is 26.7 Å². The van der Waals surface area contributed by atoms with Crippen LogP contribution in [0, 0.1) is 0 Å². The molecule has 6 heteroatoms. The topological polar surface area (TPSA) is 38.7 Å². The molecule has 1 heterocycles. The van der Waals surface area contributed by atoms with Crippen molar-refractivity contribution in [2.24, 2.45) is 0 Å². The van der Waals surface area contributed by atoms with Gasteiger partial charge < -0.3 is 0 Å². The largest absolute Gasteiger partial charge is 0.227 e. The van der Waals surface area contributed by atoms with Crippen molar-refractivity contribution in [3.05, 3.63) is 15.9 Å². The Labute approximate surface area is 92.5 Å². The standard InChI is InChI=1S/C4H10.C3Cl3N3/c1-3-4-2;4-1-7-2(5)9-3(6)8-1/h3-4H2,1-2H3;. The Balaban J connectivity index is 0.000000310. The SMILES string of the molecule is CCCC.Clc1nc(Cl)nc(Cl)n1. The van der Waals surface area contributed by atoms with E-state index in [4.69, 9.17) is 34.8 Å². The minimum Gasteiger partial charge on any atom is -0.187 e. The van der Waals surface area contributed by atoms with E-state index in [2.05, 4.69) is 28.8 Å². The summed E-state index contributed by atoms with van der Waals surface area (Å²) in [6, 6.07) is 0. The van der Waals surface area contributed by atoms with Crippen molar-refractivity contribution in [2.45, 2.75) is 26.7 Å². The quantitative estimate of drug-likeness (QED) is 0.755. The van der Waals surface area contributed by atoms with Gasteiger partial charge in [-0.2, -0.15) is 15.0 Å². The molecule has 0 saturated heterocycles. The lowest BCUT2D eigenvalue weighted by molar-refractivity contribution is 0.886. The van der Waals surface area contributed by atoms with E-state index in [0.29, 0.717) is 0 Å². The molecule has 0 N–H and O–H groups in total. The van der Waals surface area contributed by atoms with E-state index < -0.39 is 0 Å². The summed E-state index contributed by atoms with van der Waals surface area (Å²) in [5.41, 5.74) is 0. The smallest absolute Gasteiger partial charge is 0.187 e. The predicted molar refractivity (Wildman–Crippen MR) is 55.4 cm³/mol. The number of rotatable bonds is 1. The second-order valence-electron chi connectivity index (χ2n) is 2.14. The summed E-state index contributed by atoms with van der Waals surface area (Å²) >= 11 is 16.0. The van der Waals surface area contributed by atoms with Crippen molar-refractivity contribution < 1.29 is 0 Å². The zero-order valence-electron chi connectivity index (χ0n) is 7.39. The van der Waals surface area contributed by atoms with Gasteiger partial charge >= 0.3 is 0 Å². The summed E-state index contributed by atoms with van der Waals surface area (Å²) in [4.78, 5) is 10.4. The van der Waals surface area contributed by atoms with Gasteiger partial charge in [-0.15, -0.1) is 0 Å². The first-order valence-electron chi connectivity index (χ1n) is 3.82. The first-order chi connectivity index (χ1) is 6.10. The minimum absolute atomic E-state index is 0.000000000000000444. The zero-order valence-corrected chi connectivity index (χ0v) is 9.66. The van der Waals surface area contributed by atoms with Gasteiger partial charge in [0.25, 0.3) is 0 Å². The normalized spacial score (nSPS) is 9.00. The van der Waals surface area contributed by atoms with E-state index in [1.807, 2.05) is 0 Å². The first-order valence-corrected chi connectivity index (χ1v) is 4.96. The fraction of sp³-hybridized carbons (Fsp3) is 0.571. The summed E-state index contributed by atoms with van der Waals surface area (Å²) in [5, 5.41) is 0.00000000000000178. The lowest BCUT2D eigenvalue weighted by Gasteiger charge is -1.88. The van der Waals surface area contributed by atoms with Crippen LogP contribution in [0.4, 0.5) is 0 Å². The van der Waals surface area contributed by atoms with Crippen LogP contribution >= 0.6 is 34.8 Å². The van der Waals surface area contributed by atoms with Crippen LogP contribution in [-0.2, 0) is 0 Å². The van der Waals surface area contributed by atoms with Crippen LogP contribution in [0.2, 0.25) is 15.9 Å². The second kappa shape index (κ2) is 7.30. The van der Waals surface area contributed by atoms with Gasteiger partial charge in [-0.05, 0) is 34.8 Å². The summed E-state index contributed by atoms with van der Waals surface area (Å²) in [7, 11) is 0. The predicted octanol–water partition coefficient (Wildman–Crippen LogP) is 3.64. The fourth-order valence-corrected chi connectivity index (χ4v) is 0.913. The number of hydrogen-bond acceptors (Lipinski definition) is 3. The van der Waals surface area contributed by atoms with Crippen molar-refractivity contribution in [1.29, 1.82) is 0 Å². The van der Waals surface area contributed by atoms with Gasteiger partial charge in [0, 0.05) is 0 Å². The van der Waals surface area contributed by atoms with Crippen LogP contribution in [0.15, 0.2) is 0 Å². The molecule has 0 bridgehead atoms. The number of halogens is 3. The Bertz CT molecular complexity index is 202. The lowest BCUT2D eigenvalue weighted by Crippen LogP contribution is -1.87. The Morgan fingerprint density at radius 1 is 0.769 bits per heavy atom. The third kappa shape index (κ3) is 6.99. The van der Waals surface area contributed by atoms with Crippen LogP contribution in [0.25, 0.3) is 0 Å². The zero-order chi connectivity index (χ0) is 10.3. The van der Waals surface area contributed by atoms with Gasteiger partial charge in [0.1, 0.15) is 0 Å². The van der Waals surface area contributed by atoms with Crippen molar-refractivity contribution in [3.63, 3.8) is 0 Å². The van der Waals surface area contributed by atoms with Gasteiger partial charge in [-0.25, -0.2) is 0 Å². The van der Waals surface area contributed by atoms with Crippen LogP contribution in [-0.4, -0.2) is 15.0 Å². The molecule has 0 amide bonds. The summed E-state index contributed by atoms with van der Waals surface area (Å²) < 4.78 is 0. The van der Waals surface area contributed by atoms with Crippen LogP contribution < -0.4 is 0 Å². The fourth-order valence-electron chi connectivity index (χ4n) is 0.303.